The van der Waals surface area contributed by atoms with Gasteiger partial charge in [-0.25, -0.2) is 0 Å². The molecular weight excluding hydrogens is 226 g/mol. The number of hydrogen-bond acceptors (Lipinski definition) is 3. The summed E-state index contributed by atoms with van der Waals surface area (Å²) in [6.07, 6.45) is 2.16. The van der Waals surface area contributed by atoms with Crippen LogP contribution in [0.15, 0.2) is 30.3 Å². The fourth-order valence-electron chi connectivity index (χ4n) is 2.48. The lowest BCUT2D eigenvalue weighted by Gasteiger charge is -2.34. The number of nitriles is 1. The highest BCUT2D eigenvalue weighted by molar-refractivity contribution is 5.15. The molecule has 1 atom stereocenters. The second kappa shape index (κ2) is 5.99. The minimum atomic E-state index is -0.604. The summed E-state index contributed by atoms with van der Waals surface area (Å²) in [7, 11) is 0. The van der Waals surface area contributed by atoms with Crippen LogP contribution in [0.1, 0.15) is 24.8 Å². The van der Waals surface area contributed by atoms with Gasteiger partial charge in [0.25, 0.3) is 0 Å². The van der Waals surface area contributed by atoms with E-state index in [9.17, 15) is 10.4 Å². The lowest BCUT2D eigenvalue weighted by atomic mass is 9.75. The van der Waals surface area contributed by atoms with Crippen LogP contribution in [0.4, 0.5) is 0 Å². The monoisotopic (exact) mass is 245 g/mol. The summed E-state index contributed by atoms with van der Waals surface area (Å²) < 4.78 is 5.28. The van der Waals surface area contributed by atoms with Crippen molar-refractivity contribution in [2.75, 3.05) is 13.2 Å². The Morgan fingerprint density at radius 2 is 1.94 bits per heavy atom. The number of nitrogens with zero attached hydrogens (tertiary/aromatic N) is 1. The van der Waals surface area contributed by atoms with E-state index in [0.717, 1.165) is 6.42 Å². The van der Waals surface area contributed by atoms with E-state index in [1.807, 2.05) is 18.2 Å². The molecule has 1 aromatic carbocycles. The van der Waals surface area contributed by atoms with Crippen molar-refractivity contribution in [3.63, 3.8) is 0 Å². The summed E-state index contributed by atoms with van der Waals surface area (Å²) in [6, 6.07) is 12.4. The van der Waals surface area contributed by atoms with Crippen LogP contribution in [0.5, 0.6) is 0 Å². The molecule has 1 heterocycles. The van der Waals surface area contributed by atoms with E-state index < -0.39 is 11.5 Å². The second-order valence-electron chi connectivity index (χ2n) is 4.92. The lowest BCUT2D eigenvalue weighted by molar-refractivity contribution is -0.0324. The first-order valence-electron chi connectivity index (χ1n) is 6.48. The van der Waals surface area contributed by atoms with E-state index in [-0.39, 0.29) is 0 Å². The zero-order valence-corrected chi connectivity index (χ0v) is 10.5. The molecule has 1 saturated heterocycles. The molecule has 1 unspecified atom stereocenters. The number of aryl methyl sites for hydroxylation is 1. The van der Waals surface area contributed by atoms with E-state index in [2.05, 4.69) is 18.2 Å². The highest BCUT2D eigenvalue weighted by atomic mass is 16.5. The first kappa shape index (κ1) is 13.1. The molecule has 1 N–H and O–H groups in total. The van der Waals surface area contributed by atoms with E-state index >= 15 is 0 Å². The Morgan fingerprint density at radius 3 is 2.56 bits per heavy atom. The quantitative estimate of drug-likeness (QED) is 0.885. The molecule has 0 aliphatic carbocycles. The molecule has 0 saturated carbocycles. The van der Waals surface area contributed by atoms with Gasteiger partial charge < -0.3 is 9.84 Å². The number of aliphatic hydroxyl groups is 1. The number of ether oxygens (including phenoxy) is 1. The van der Waals surface area contributed by atoms with Gasteiger partial charge in [0.1, 0.15) is 0 Å². The van der Waals surface area contributed by atoms with Gasteiger partial charge in [-0.1, -0.05) is 30.3 Å². The smallest absolute Gasteiger partial charge is 0.0876 e. The number of rotatable bonds is 4. The Hall–Kier alpha value is -1.37. The largest absolute Gasteiger partial charge is 0.391 e. The van der Waals surface area contributed by atoms with Gasteiger partial charge >= 0.3 is 0 Å². The normalized spacial score (nSPS) is 20.0. The van der Waals surface area contributed by atoms with E-state index in [1.54, 1.807) is 0 Å². The third-order valence-electron chi connectivity index (χ3n) is 3.79. The highest BCUT2D eigenvalue weighted by Crippen LogP contribution is 2.35. The molecule has 1 fully saturated rings. The summed E-state index contributed by atoms with van der Waals surface area (Å²) >= 11 is 0. The Balaban J connectivity index is 1.94. The summed E-state index contributed by atoms with van der Waals surface area (Å²) in [5.74, 6) is 0. The van der Waals surface area contributed by atoms with E-state index in [0.29, 0.717) is 32.5 Å². The average Bonchev–Trinajstić information content (AvgIpc) is 2.46. The molecule has 1 aliphatic rings. The second-order valence-corrected chi connectivity index (χ2v) is 4.92. The van der Waals surface area contributed by atoms with E-state index in [1.165, 1.54) is 5.56 Å². The summed E-state index contributed by atoms with van der Waals surface area (Å²) in [6.45, 7) is 1.16. The minimum Gasteiger partial charge on any atom is -0.391 e. The molecule has 0 radical (unpaired) electrons. The van der Waals surface area contributed by atoms with Crippen LogP contribution in [0.25, 0.3) is 0 Å². The van der Waals surface area contributed by atoms with Gasteiger partial charge in [-0.05, 0) is 31.2 Å². The van der Waals surface area contributed by atoms with Crippen molar-refractivity contribution in [2.24, 2.45) is 5.41 Å². The molecule has 18 heavy (non-hydrogen) atoms. The van der Waals surface area contributed by atoms with Crippen molar-refractivity contribution >= 4 is 0 Å². The third kappa shape index (κ3) is 2.90. The Labute approximate surface area is 108 Å². The zero-order valence-electron chi connectivity index (χ0n) is 10.5. The average molecular weight is 245 g/mol. The molecule has 0 bridgehead atoms. The Bertz CT molecular complexity index is 404. The van der Waals surface area contributed by atoms with Crippen molar-refractivity contribution in [3.05, 3.63) is 35.9 Å². The minimum absolute atomic E-state index is 0.563. The number of aliphatic hydroxyl groups excluding tert-OH is 1. The summed E-state index contributed by atoms with van der Waals surface area (Å²) in [4.78, 5) is 0. The maximum Gasteiger partial charge on any atom is 0.0876 e. The van der Waals surface area contributed by atoms with Crippen LogP contribution in [-0.2, 0) is 11.2 Å². The van der Waals surface area contributed by atoms with Crippen LogP contribution in [0.2, 0.25) is 0 Å². The van der Waals surface area contributed by atoms with Crippen molar-refractivity contribution in [1.29, 1.82) is 5.26 Å². The first-order valence-corrected chi connectivity index (χ1v) is 6.48. The molecule has 2 rings (SSSR count). The van der Waals surface area contributed by atoms with Gasteiger partial charge in [-0.2, -0.15) is 5.26 Å². The lowest BCUT2D eigenvalue weighted by Crippen LogP contribution is -2.39. The fourth-order valence-corrected chi connectivity index (χ4v) is 2.48. The predicted octanol–water partition coefficient (Wildman–Crippen LogP) is 2.30. The number of benzene rings is 1. The van der Waals surface area contributed by atoms with Crippen molar-refractivity contribution in [2.45, 2.75) is 31.8 Å². The predicted molar refractivity (Wildman–Crippen MR) is 68.9 cm³/mol. The Morgan fingerprint density at radius 1 is 1.28 bits per heavy atom. The van der Waals surface area contributed by atoms with Gasteiger partial charge in [-0.3, -0.25) is 0 Å². The molecule has 0 spiro atoms. The van der Waals surface area contributed by atoms with Crippen LogP contribution < -0.4 is 0 Å². The molecule has 3 nitrogen and oxygen atoms in total. The molecule has 96 valence electrons. The topological polar surface area (TPSA) is 53.2 Å². The van der Waals surface area contributed by atoms with Crippen molar-refractivity contribution < 1.29 is 9.84 Å². The van der Waals surface area contributed by atoms with E-state index in [4.69, 9.17) is 4.74 Å². The van der Waals surface area contributed by atoms with Crippen LogP contribution >= 0.6 is 0 Å². The zero-order chi connectivity index (χ0) is 12.8. The van der Waals surface area contributed by atoms with Crippen LogP contribution in [-0.4, -0.2) is 24.4 Å². The van der Waals surface area contributed by atoms with Gasteiger partial charge in [0, 0.05) is 13.2 Å². The van der Waals surface area contributed by atoms with Crippen LogP contribution in [0, 0.1) is 16.7 Å². The third-order valence-corrected chi connectivity index (χ3v) is 3.79. The van der Waals surface area contributed by atoms with Crippen LogP contribution in [0.3, 0.4) is 0 Å². The maximum atomic E-state index is 10.3. The molecule has 0 aromatic heterocycles. The Kier molecular flexibility index (Phi) is 4.35. The van der Waals surface area contributed by atoms with Gasteiger partial charge in [0.15, 0.2) is 0 Å². The van der Waals surface area contributed by atoms with Crippen molar-refractivity contribution in [1.82, 2.24) is 0 Å². The SMILES string of the molecule is N#CC1(C(O)CCc2ccccc2)CCOCC1. The molecule has 1 aliphatic heterocycles. The standard InChI is InChI=1S/C15H19NO2/c16-12-15(8-10-18-11-9-15)14(17)7-6-13-4-2-1-3-5-13/h1-5,14,17H,6-11H2. The molecule has 0 amide bonds. The van der Waals surface area contributed by atoms with Gasteiger partial charge in [0.05, 0.1) is 17.6 Å². The van der Waals surface area contributed by atoms with Gasteiger partial charge in [-0.15, -0.1) is 0 Å². The number of hydrogen-bond donors (Lipinski definition) is 1. The molecular formula is C15H19NO2. The van der Waals surface area contributed by atoms with Crippen molar-refractivity contribution in [3.8, 4) is 6.07 Å². The molecule has 3 heteroatoms. The highest BCUT2D eigenvalue weighted by Gasteiger charge is 2.39. The summed E-state index contributed by atoms with van der Waals surface area (Å²) in [5.41, 5.74) is 0.601. The summed E-state index contributed by atoms with van der Waals surface area (Å²) in [5, 5.41) is 19.7. The maximum absolute atomic E-state index is 10.3. The first-order chi connectivity index (χ1) is 8.77. The fraction of sp³-hybridized carbons (Fsp3) is 0.533. The molecule has 1 aromatic rings. The van der Waals surface area contributed by atoms with Gasteiger partial charge in [0.2, 0.25) is 0 Å².